The quantitative estimate of drug-likeness (QED) is 0.816. The van der Waals surface area contributed by atoms with Crippen LogP contribution in [0.5, 0.6) is 0 Å². The Morgan fingerprint density at radius 1 is 0.812 bits per heavy atom. The highest BCUT2D eigenvalue weighted by Gasteiger charge is 2.05. The SMILES string of the molecule is NCCc1ccc2ccccc2c1CCN. The van der Waals surface area contributed by atoms with Gasteiger partial charge in [-0.3, -0.25) is 0 Å². The second-order valence-electron chi connectivity index (χ2n) is 4.00. The fourth-order valence-electron chi connectivity index (χ4n) is 2.21. The maximum absolute atomic E-state index is 5.69. The van der Waals surface area contributed by atoms with Gasteiger partial charge in [-0.05, 0) is 47.8 Å². The van der Waals surface area contributed by atoms with Gasteiger partial charge in [0.05, 0.1) is 0 Å². The molecular weight excluding hydrogens is 196 g/mol. The lowest BCUT2D eigenvalue weighted by molar-refractivity contribution is 0.913. The second kappa shape index (κ2) is 5.10. The van der Waals surface area contributed by atoms with Gasteiger partial charge in [-0.15, -0.1) is 0 Å². The average Bonchev–Trinajstić information content (AvgIpc) is 2.32. The molecule has 0 fully saturated rings. The minimum atomic E-state index is 0.686. The first-order valence-electron chi connectivity index (χ1n) is 5.76. The van der Waals surface area contributed by atoms with Gasteiger partial charge in [0.15, 0.2) is 0 Å². The van der Waals surface area contributed by atoms with Crippen molar-refractivity contribution in [2.45, 2.75) is 12.8 Å². The number of hydrogen-bond donors (Lipinski definition) is 2. The highest BCUT2D eigenvalue weighted by atomic mass is 14.5. The Hall–Kier alpha value is -1.38. The van der Waals surface area contributed by atoms with Gasteiger partial charge in [-0.1, -0.05) is 36.4 Å². The molecule has 0 bridgehead atoms. The molecular formula is C14H18N2. The Labute approximate surface area is 96.3 Å². The van der Waals surface area contributed by atoms with Gasteiger partial charge < -0.3 is 11.5 Å². The van der Waals surface area contributed by atoms with Crippen LogP contribution in [-0.4, -0.2) is 13.1 Å². The topological polar surface area (TPSA) is 52.0 Å². The molecule has 0 unspecified atom stereocenters. The van der Waals surface area contributed by atoms with Crippen LogP contribution in [0.25, 0.3) is 10.8 Å². The molecule has 0 aliphatic rings. The van der Waals surface area contributed by atoms with E-state index in [1.165, 1.54) is 21.9 Å². The second-order valence-corrected chi connectivity index (χ2v) is 4.00. The smallest absolute Gasteiger partial charge is 0.00364 e. The Morgan fingerprint density at radius 3 is 2.31 bits per heavy atom. The van der Waals surface area contributed by atoms with E-state index >= 15 is 0 Å². The molecule has 0 atom stereocenters. The fourth-order valence-corrected chi connectivity index (χ4v) is 2.21. The summed E-state index contributed by atoms with van der Waals surface area (Å²) in [6.07, 6.45) is 1.86. The minimum absolute atomic E-state index is 0.686. The van der Waals surface area contributed by atoms with Gasteiger partial charge in [0.1, 0.15) is 0 Å². The lowest BCUT2D eigenvalue weighted by Gasteiger charge is -2.11. The first-order valence-corrected chi connectivity index (χ1v) is 5.76. The van der Waals surface area contributed by atoms with Crippen molar-refractivity contribution < 1.29 is 0 Å². The van der Waals surface area contributed by atoms with Crippen LogP contribution in [0.2, 0.25) is 0 Å². The Balaban J connectivity index is 2.58. The number of nitrogens with two attached hydrogens (primary N) is 2. The van der Waals surface area contributed by atoms with Crippen LogP contribution in [-0.2, 0) is 12.8 Å². The zero-order valence-corrected chi connectivity index (χ0v) is 9.45. The van der Waals surface area contributed by atoms with Crippen molar-refractivity contribution in [3.8, 4) is 0 Å². The van der Waals surface area contributed by atoms with Crippen molar-refractivity contribution in [2.75, 3.05) is 13.1 Å². The van der Waals surface area contributed by atoms with Crippen molar-refractivity contribution >= 4 is 10.8 Å². The minimum Gasteiger partial charge on any atom is -0.330 e. The molecule has 0 saturated heterocycles. The maximum atomic E-state index is 5.69. The highest BCUT2D eigenvalue weighted by Crippen LogP contribution is 2.23. The molecule has 0 radical (unpaired) electrons. The van der Waals surface area contributed by atoms with E-state index in [1.54, 1.807) is 0 Å². The molecule has 2 nitrogen and oxygen atoms in total. The lowest BCUT2D eigenvalue weighted by atomic mass is 9.95. The number of hydrogen-bond acceptors (Lipinski definition) is 2. The summed E-state index contributed by atoms with van der Waals surface area (Å²) >= 11 is 0. The zero-order valence-electron chi connectivity index (χ0n) is 9.45. The standard InChI is InChI=1S/C14H18N2/c15-9-7-12-6-5-11-3-1-2-4-13(11)14(12)8-10-16/h1-6H,7-10,15-16H2. The van der Waals surface area contributed by atoms with Gasteiger partial charge in [0, 0.05) is 0 Å². The van der Waals surface area contributed by atoms with Gasteiger partial charge in [0.25, 0.3) is 0 Å². The highest BCUT2D eigenvalue weighted by molar-refractivity contribution is 5.86. The van der Waals surface area contributed by atoms with Crippen molar-refractivity contribution in [3.63, 3.8) is 0 Å². The first-order chi connectivity index (χ1) is 7.86. The third-order valence-corrected chi connectivity index (χ3v) is 2.95. The van der Waals surface area contributed by atoms with E-state index in [-0.39, 0.29) is 0 Å². The maximum Gasteiger partial charge on any atom is -0.00364 e. The van der Waals surface area contributed by atoms with Crippen molar-refractivity contribution in [2.24, 2.45) is 11.5 Å². The van der Waals surface area contributed by atoms with Crippen LogP contribution in [0.1, 0.15) is 11.1 Å². The van der Waals surface area contributed by atoms with Crippen molar-refractivity contribution in [1.82, 2.24) is 0 Å². The van der Waals surface area contributed by atoms with Crippen LogP contribution in [0.3, 0.4) is 0 Å². The average molecular weight is 214 g/mol. The molecule has 0 aromatic heterocycles. The van der Waals surface area contributed by atoms with Crippen molar-refractivity contribution in [1.29, 1.82) is 0 Å². The number of fused-ring (bicyclic) bond motifs is 1. The molecule has 2 heteroatoms. The van der Waals surface area contributed by atoms with E-state index < -0.39 is 0 Å². The summed E-state index contributed by atoms with van der Waals surface area (Å²) in [5, 5.41) is 2.60. The van der Waals surface area contributed by atoms with E-state index in [0.29, 0.717) is 13.1 Å². The fraction of sp³-hybridized carbons (Fsp3) is 0.286. The molecule has 84 valence electrons. The van der Waals surface area contributed by atoms with Gasteiger partial charge in [-0.25, -0.2) is 0 Å². The largest absolute Gasteiger partial charge is 0.330 e. The molecule has 16 heavy (non-hydrogen) atoms. The molecule has 0 heterocycles. The molecule has 0 aliphatic carbocycles. The Bertz CT molecular complexity index is 477. The summed E-state index contributed by atoms with van der Waals surface area (Å²) in [5.74, 6) is 0. The van der Waals surface area contributed by atoms with E-state index in [9.17, 15) is 0 Å². The third kappa shape index (κ3) is 2.08. The van der Waals surface area contributed by atoms with Crippen LogP contribution in [0.4, 0.5) is 0 Å². The van der Waals surface area contributed by atoms with E-state index in [0.717, 1.165) is 12.8 Å². The zero-order chi connectivity index (χ0) is 11.4. The molecule has 0 spiro atoms. The third-order valence-electron chi connectivity index (χ3n) is 2.95. The summed E-state index contributed by atoms with van der Waals surface area (Å²) in [6, 6.07) is 12.8. The molecule has 2 rings (SSSR count). The predicted molar refractivity (Wildman–Crippen MR) is 69.5 cm³/mol. The van der Waals surface area contributed by atoms with Gasteiger partial charge in [-0.2, -0.15) is 0 Å². The Kier molecular flexibility index (Phi) is 3.54. The van der Waals surface area contributed by atoms with Gasteiger partial charge in [0.2, 0.25) is 0 Å². The molecule has 2 aromatic rings. The van der Waals surface area contributed by atoms with Crippen LogP contribution in [0.15, 0.2) is 36.4 Å². The molecule has 4 N–H and O–H groups in total. The first kappa shape index (κ1) is 11.1. The van der Waals surface area contributed by atoms with Crippen molar-refractivity contribution in [3.05, 3.63) is 47.5 Å². The monoisotopic (exact) mass is 214 g/mol. The molecule has 0 saturated carbocycles. The Morgan fingerprint density at radius 2 is 1.56 bits per heavy atom. The predicted octanol–water partition coefficient (Wildman–Crippen LogP) is 1.84. The molecule has 0 aliphatic heterocycles. The summed E-state index contributed by atoms with van der Waals surface area (Å²) in [6.45, 7) is 1.38. The normalized spacial score (nSPS) is 10.9. The molecule has 0 amide bonds. The van der Waals surface area contributed by atoms with Gasteiger partial charge >= 0.3 is 0 Å². The van der Waals surface area contributed by atoms with E-state index in [2.05, 4.69) is 36.4 Å². The summed E-state index contributed by atoms with van der Waals surface area (Å²) < 4.78 is 0. The van der Waals surface area contributed by atoms with Crippen LogP contribution < -0.4 is 11.5 Å². The lowest BCUT2D eigenvalue weighted by Crippen LogP contribution is -2.09. The van der Waals surface area contributed by atoms with Crippen LogP contribution >= 0.6 is 0 Å². The number of rotatable bonds is 4. The summed E-state index contributed by atoms with van der Waals surface area (Å²) in [4.78, 5) is 0. The summed E-state index contributed by atoms with van der Waals surface area (Å²) in [5.41, 5.74) is 14.0. The van der Waals surface area contributed by atoms with Crippen LogP contribution in [0, 0.1) is 0 Å². The van der Waals surface area contributed by atoms with E-state index in [1.807, 2.05) is 0 Å². The molecule has 2 aromatic carbocycles. The van der Waals surface area contributed by atoms with E-state index in [4.69, 9.17) is 11.5 Å². The summed E-state index contributed by atoms with van der Waals surface area (Å²) in [7, 11) is 0. The number of benzene rings is 2.